The van der Waals surface area contributed by atoms with E-state index in [1.165, 1.54) is 4.31 Å². The van der Waals surface area contributed by atoms with Gasteiger partial charge in [0.1, 0.15) is 18.4 Å². The van der Waals surface area contributed by atoms with E-state index in [9.17, 15) is 13.2 Å². The van der Waals surface area contributed by atoms with E-state index in [0.29, 0.717) is 12.1 Å². The van der Waals surface area contributed by atoms with Crippen molar-refractivity contribution >= 4 is 21.6 Å². The van der Waals surface area contributed by atoms with Crippen LogP contribution in [0.3, 0.4) is 0 Å². The Morgan fingerprint density at radius 2 is 1.77 bits per heavy atom. The van der Waals surface area contributed by atoms with Crippen LogP contribution in [-0.4, -0.2) is 39.3 Å². The molecule has 164 valence electrons. The Hall–Kier alpha value is -2.54. The van der Waals surface area contributed by atoms with Gasteiger partial charge in [0, 0.05) is 0 Å². The van der Waals surface area contributed by atoms with Gasteiger partial charge in [0.15, 0.2) is 0 Å². The second kappa shape index (κ2) is 9.98. The van der Waals surface area contributed by atoms with Crippen LogP contribution in [0.5, 0.6) is 5.75 Å². The number of nitrogens with one attached hydrogen (secondary N) is 1. The van der Waals surface area contributed by atoms with E-state index in [-0.39, 0.29) is 18.6 Å². The number of aryl methyl sites for hydroxylation is 3. The number of carbonyl (C=O) groups excluding carboxylic acids is 1. The van der Waals surface area contributed by atoms with Gasteiger partial charge in [0.25, 0.3) is 0 Å². The quantitative estimate of drug-likeness (QED) is 0.655. The highest BCUT2D eigenvalue weighted by Crippen LogP contribution is 2.27. The summed E-state index contributed by atoms with van der Waals surface area (Å²) in [6.07, 6.45) is 1.48. The molecule has 1 amide bonds. The van der Waals surface area contributed by atoms with Gasteiger partial charge in [0.05, 0.1) is 18.0 Å². The molecule has 2 aromatic rings. The smallest absolute Gasteiger partial charge is 0.244 e. The summed E-state index contributed by atoms with van der Waals surface area (Å²) >= 11 is 0. The molecule has 0 aromatic heterocycles. The number of hydrogen-bond donors (Lipinski definition) is 1. The molecule has 6 nitrogen and oxygen atoms in total. The molecular weight excluding hydrogens is 400 g/mol. The summed E-state index contributed by atoms with van der Waals surface area (Å²) in [7, 11) is -3.67. The van der Waals surface area contributed by atoms with Gasteiger partial charge in [-0.05, 0) is 62.9 Å². The highest BCUT2D eigenvalue weighted by atomic mass is 32.2. The average molecular weight is 433 g/mol. The summed E-state index contributed by atoms with van der Waals surface area (Å²) in [6.45, 7) is 9.63. The zero-order chi connectivity index (χ0) is 22.5. The van der Waals surface area contributed by atoms with Crippen LogP contribution in [0.1, 0.15) is 37.0 Å². The second-order valence-corrected chi connectivity index (χ2v) is 9.62. The van der Waals surface area contributed by atoms with Crippen LogP contribution >= 0.6 is 0 Å². The zero-order valence-electron chi connectivity index (χ0n) is 18.6. The van der Waals surface area contributed by atoms with Crippen LogP contribution < -0.4 is 14.4 Å². The standard InChI is InChI=1S/C23H32N2O4S/c1-7-20(25(30(6,27)28)21-14-16(2)12-13-17(21)3)23(26)24-19(5)15-29-22-11-9-8-10-18(22)4/h8-14,19-20H,7,15H2,1-6H3,(H,24,26). The fourth-order valence-electron chi connectivity index (χ4n) is 3.31. The van der Waals surface area contributed by atoms with Gasteiger partial charge in [-0.15, -0.1) is 0 Å². The molecule has 0 saturated heterocycles. The molecule has 30 heavy (non-hydrogen) atoms. The number of rotatable bonds is 9. The lowest BCUT2D eigenvalue weighted by Gasteiger charge is -2.32. The molecule has 2 rings (SSSR count). The summed E-state index contributed by atoms with van der Waals surface area (Å²) in [4.78, 5) is 13.0. The van der Waals surface area contributed by atoms with Crippen molar-refractivity contribution in [3.05, 3.63) is 59.2 Å². The molecule has 0 bridgehead atoms. The highest BCUT2D eigenvalue weighted by molar-refractivity contribution is 7.92. The number of carbonyl (C=O) groups is 1. The Kier molecular flexibility index (Phi) is 7.89. The first-order valence-corrected chi connectivity index (χ1v) is 11.9. The van der Waals surface area contributed by atoms with E-state index >= 15 is 0 Å². The molecule has 7 heteroatoms. The molecule has 0 fully saturated rings. The number of benzene rings is 2. The molecule has 0 radical (unpaired) electrons. The Labute approximate surface area is 180 Å². The topological polar surface area (TPSA) is 75.7 Å². The lowest BCUT2D eigenvalue weighted by atomic mass is 10.1. The maximum absolute atomic E-state index is 13.0. The van der Waals surface area contributed by atoms with Crippen LogP contribution in [0, 0.1) is 20.8 Å². The van der Waals surface area contributed by atoms with E-state index in [4.69, 9.17) is 4.74 Å². The summed E-state index contributed by atoms with van der Waals surface area (Å²) in [5.41, 5.74) is 3.27. The van der Waals surface area contributed by atoms with E-state index in [1.807, 2.05) is 71.0 Å². The van der Waals surface area contributed by atoms with Crippen LogP contribution in [0.2, 0.25) is 0 Å². The first-order chi connectivity index (χ1) is 14.0. The van der Waals surface area contributed by atoms with Crippen molar-refractivity contribution in [2.24, 2.45) is 0 Å². The third kappa shape index (κ3) is 5.98. The Bertz CT molecular complexity index is 988. The number of amides is 1. The van der Waals surface area contributed by atoms with Crippen LogP contribution in [0.4, 0.5) is 5.69 Å². The van der Waals surface area contributed by atoms with Crippen molar-refractivity contribution in [1.29, 1.82) is 0 Å². The van der Waals surface area contributed by atoms with Gasteiger partial charge in [-0.1, -0.05) is 37.3 Å². The SMILES string of the molecule is CCC(C(=O)NC(C)COc1ccccc1C)N(c1cc(C)ccc1C)S(C)(=O)=O. The van der Waals surface area contributed by atoms with Crippen molar-refractivity contribution in [3.8, 4) is 5.75 Å². The van der Waals surface area contributed by atoms with Gasteiger partial charge in [0.2, 0.25) is 15.9 Å². The predicted molar refractivity (Wildman–Crippen MR) is 122 cm³/mol. The van der Waals surface area contributed by atoms with Gasteiger partial charge in [-0.2, -0.15) is 0 Å². The average Bonchev–Trinajstić information content (AvgIpc) is 2.66. The highest BCUT2D eigenvalue weighted by Gasteiger charge is 2.33. The second-order valence-electron chi connectivity index (χ2n) is 7.76. The van der Waals surface area contributed by atoms with Crippen LogP contribution in [0.15, 0.2) is 42.5 Å². The summed E-state index contributed by atoms with van der Waals surface area (Å²) < 4.78 is 32.4. The Morgan fingerprint density at radius 1 is 1.10 bits per heavy atom. The number of ether oxygens (including phenoxy) is 1. The molecule has 0 saturated carbocycles. The lowest BCUT2D eigenvalue weighted by molar-refractivity contribution is -0.123. The Balaban J connectivity index is 2.19. The number of hydrogen-bond acceptors (Lipinski definition) is 4. The number of anilines is 1. The first kappa shape index (κ1) is 23.7. The molecule has 0 aliphatic rings. The van der Waals surface area contributed by atoms with E-state index in [0.717, 1.165) is 28.7 Å². The number of nitrogens with zero attached hydrogens (tertiary/aromatic N) is 1. The molecular formula is C23H32N2O4S. The minimum atomic E-state index is -3.67. The molecule has 0 aliphatic carbocycles. The van der Waals surface area contributed by atoms with Crippen molar-refractivity contribution in [2.45, 2.75) is 53.1 Å². The molecule has 2 unspecified atom stereocenters. The molecule has 0 aliphatic heterocycles. The third-order valence-electron chi connectivity index (χ3n) is 4.90. The Morgan fingerprint density at radius 3 is 2.37 bits per heavy atom. The molecule has 2 aromatic carbocycles. The third-order valence-corrected chi connectivity index (χ3v) is 6.07. The summed E-state index contributed by atoms with van der Waals surface area (Å²) in [5.74, 6) is 0.420. The predicted octanol–water partition coefficient (Wildman–Crippen LogP) is 3.74. The zero-order valence-corrected chi connectivity index (χ0v) is 19.4. The van der Waals surface area contributed by atoms with Crippen molar-refractivity contribution in [2.75, 3.05) is 17.2 Å². The normalized spacial score (nSPS) is 13.4. The fourth-order valence-corrected chi connectivity index (χ4v) is 4.57. The monoisotopic (exact) mass is 432 g/mol. The molecule has 0 spiro atoms. The fraction of sp³-hybridized carbons (Fsp3) is 0.435. The molecule has 2 atom stereocenters. The molecule has 0 heterocycles. The maximum Gasteiger partial charge on any atom is 0.244 e. The minimum absolute atomic E-state index is 0.286. The first-order valence-electron chi connectivity index (χ1n) is 10.1. The number of sulfonamides is 1. The minimum Gasteiger partial charge on any atom is -0.491 e. The van der Waals surface area contributed by atoms with Gasteiger partial charge >= 0.3 is 0 Å². The van der Waals surface area contributed by atoms with E-state index in [1.54, 1.807) is 6.07 Å². The molecule has 1 N–H and O–H groups in total. The maximum atomic E-state index is 13.0. The largest absolute Gasteiger partial charge is 0.491 e. The van der Waals surface area contributed by atoms with Gasteiger partial charge in [-0.3, -0.25) is 9.10 Å². The number of para-hydroxylation sites is 1. The van der Waals surface area contributed by atoms with Gasteiger partial charge in [-0.25, -0.2) is 8.42 Å². The van der Waals surface area contributed by atoms with Crippen molar-refractivity contribution in [1.82, 2.24) is 5.32 Å². The van der Waals surface area contributed by atoms with Crippen LogP contribution in [-0.2, 0) is 14.8 Å². The summed E-state index contributed by atoms with van der Waals surface area (Å²) in [5, 5.41) is 2.91. The van der Waals surface area contributed by atoms with Crippen LogP contribution in [0.25, 0.3) is 0 Å². The van der Waals surface area contributed by atoms with Crippen molar-refractivity contribution in [3.63, 3.8) is 0 Å². The van der Waals surface area contributed by atoms with E-state index in [2.05, 4.69) is 5.32 Å². The van der Waals surface area contributed by atoms with Gasteiger partial charge < -0.3 is 10.1 Å². The van der Waals surface area contributed by atoms with E-state index < -0.39 is 16.1 Å². The lowest BCUT2D eigenvalue weighted by Crippen LogP contribution is -2.52. The summed E-state index contributed by atoms with van der Waals surface area (Å²) in [6, 6.07) is 12.1. The van der Waals surface area contributed by atoms with Crippen molar-refractivity contribution < 1.29 is 17.9 Å².